The molecule has 3 aromatic heterocycles. The predicted octanol–water partition coefficient (Wildman–Crippen LogP) is 4.78. The molecule has 42 heavy (non-hydrogen) atoms. The number of aryl methyl sites for hydroxylation is 2. The second-order valence-corrected chi connectivity index (χ2v) is 11.2. The van der Waals surface area contributed by atoms with Crippen molar-refractivity contribution in [2.75, 3.05) is 66.6 Å². The molecule has 11 nitrogen and oxygen atoms in total. The van der Waals surface area contributed by atoms with E-state index in [1.807, 2.05) is 71.2 Å². The Balaban J connectivity index is 1.37. The molecule has 3 N–H and O–H groups in total. The number of pyridine rings is 2. The normalized spacial score (nSPS) is 14.9. The summed E-state index contributed by atoms with van der Waals surface area (Å²) in [6.45, 7) is 5.15. The molecule has 2 aromatic carbocycles. The Kier molecular flexibility index (Phi) is 7.11. The molecule has 1 saturated heterocycles. The molecule has 1 fully saturated rings. The van der Waals surface area contributed by atoms with Crippen molar-refractivity contribution in [2.45, 2.75) is 26.4 Å². The number of aliphatic hydroxyl groups excluding tert-OH is 1. The van der Waals surface area contributed by atoms with E-state index >= 15 is 0 Å². The summed E-state index contributed by atoms with van der Waals surface area (Å²) >= 11 is 0. The van der Waals surface area contributed by atoms with Gasteiger partial charge in [0.25, 0.3) is 0 Å². The van der Waals surface area contributed by atoms with Crippen LogP contribution in [0.25, 0.3) is 21.8 Å². The third-order valence-electron chi connectivity index (χ3n) is 7.38. The van der Waals surface area contributed by atoms with Crippen molar-refractivity contribution < 1.29 is 5.11 Å². The average molecular weight is 565 g/mol. The third-order valence-corrected chi connectivity index (χ3v) is 7.38. The second kappa shape index (κ2) is 10.9. The van der Waals surface area contributed by atoms with Crippen LogP contribution in [0.3, 0.4) is 0 Å². The van der Waals surface area contributed by atoms with Gasteiger partial charge < -0.3 is 30.4 Å². The maximum atomic E-state index is 10.2. The molecule has 0 radical (unpaired) electrons. The van der Waals surface area contributed by atoms with Crippen LogP contribution in [0.4, 0.5) is 40.6 Å². The number of anilines is 7. The van der Waals surface area contributed by atoms with Gasteiger partial charge in [-0.1, -0.05) is 0 Å². The van der Waals surface area contributed by atoms with E-state index in [0.717, 1.165) is 55.9 Å². The van der Waals surface area contributed by atoms with Gasteiger partial charge in [-0.15, -0.1) is 0 Å². The van der Waals surface area contributed by atoms with Crippen molar-refractivity contribution in [3.63, 3.8) is 0 Å². The number of rotatable bonds is 7. The van der Waals surface area contributed by atoms with Crippen LogP contribution in [0, 0.1) is 13.8 Å². The van der Waals surface area contributed by atoms with E-state index in [2.05, 4.69) is 44.7 Å². The molecule has 1 unspecified atom stereocenters. The van der Waals surface area contributed by atoms with Crippen molar-refractivity contribution in [1.82, 2.24) is 24.9 Å². The van der Waals surface area contributed by atoms with Crippen molar-refractivity contribution in [2.24, 2.45) is 0 Å². The standard InChI is InChI=1S/C31H36N10O/c1-18-13-27(39(3)4)23-15-20(7-9-25(23)32-18)34-29-36-30(38-31(37-29)41-12-11-22(42)17-41)35-21-8-10-26-24(16-21)28(40(5)6)14-19(2)33-26/h7-10,13-16,22,42H,11-12,17H2,1-6H3,(H2,34,35,36,37,38). The quantitative estimate of drug-likeness (QED) is 0.254. The van der Waals surface area contributed by atoms with Gasteiger partial charge in [0.05, 0.1) is 17.1 Å². The Hall–Kier alpha value is -4.77. The van der Waals surface area contributed by atoms with Crippen molar-refractivity contribution >= 4 is 62.4 Å². The van der Waals surface area contributed by atoms with Crippen LogP contribution < -0.4 is 25.3 Å². The number of β-amino-alcohol motifs (C(OH)–C–C–N with tert-alkyl or cyclic N) is 1. The lowest BCUT2D eigenvalue weighted by molar-refractivity contribution is 0.198. The van der Waals surface area contributed by atoms with E-state index in [9.17, 15) is 5.11 Å². The summed E-state index contributed by atoms with van der Waals surface area (Å²) in [6, 6.07) is 16.2. The van der Waals surface area contributed by atoms with Gasteiger partial charge in [-0.3, -0.25) is 9.97 Å². The maximum absolute atomic E-state index is 10.2. The number of nitrogens with one attached hydrogen (secondary N) is 2. The first-order valence-corrected chi connectivity index (χ1v) is 14.0. The van der Waals surface area contributed by atoms with Gasteiger partial charge in [0.1, 0.15) is 0 Å². The highest BCUT2D eigenvalue weighted by Gasteiger charge is 2.24. The molecule has 0 spiro atoms. The maximum Gasteiger partial charge on any atom is 0.233 e. The average Bonchev–Trinajstić information content (AvgIpc) is 3.38. The first-order valence-electron chi connectivity index (χ1n) is 14.0. The zero-order chi connectivity index (χ0) is 29.5. The zero-order valence-electron chi connectivity index (χ0n) is 24.8. The van der Waals surface area contributed by atoms with Crippen molar-refractivity contribution in [1.29, 1.82) is 0 Å². The predicted molar refractivity (Wildman–Crippen MR) is 171 cm³/mol. The fourth-order valence-corrected chi connectivity index (χ4v) is 5.37. The van der Waals surface area contributed by atoms with Gasteiger partial charge >= 0.3 is 0 Å². The van der Waals surface area contributed by atoms with E-state index in [1.165, 1.54) is 0 Å². The molecule has 6 rings (SSSR count). The van der Waals surface area contributed by atoms with E-state index in [4.69, 9.17) is 24.9 Å². The third kappa shape index (κ3) is 5.55. The smallest absolute Gasteiger partial charge is 0.233 e. The first kappa shape index (κ1) is 27.4. The number of hydrogen-bond donors (Lipinski definition) is 3. The van der Waals surface area contributed by atoms with Crippen LogP contribution in [0.1, 0.15) is 17.8 Å². The lowest BCUT2D eigenvalue weighted by Crippen LogP contribution is -2.24. The summed E-state index contributed by atoms with van der Waals surface area (Å²) in [5.41, 5.74) is 7.63. The topological polar surface area (TPSA) is 118 Å². The number of nitrogens with zero attached hydrogens (tertiary/aromatic N) is 8. The van der Waals surface area contributed by atoms with Crippen molar-refractivity contribution in [3.8, 4) is 0 Å². The minimum absolute atomic E-state index is 0.404. The second-order valence-electron chi connectivity index (χ2n) is 11.2. The van der Waals surface area contributed by atoms with Crippen LogP contribution in [0.15, 0.2) is 48.5 Å². The van der Waals surface area contributed by atoms with E-state index in [1.54, 1.807) is 0 Å². The molecule has 1 aliphatic heterocycles. The Morgan fingerprint density at radius 1 is 0.714 bits per heavy atom. The molecular formula is C31H36N10O. The fraction of sp³-hybridized carbons (Fsp3) is 0.323. The largest absolute Gasteiger partial charge is 0.391 e. The van der Waals surface area contributed by atoms with Gasteiger partial charge in [-0.25, -0.2) is 0 Å². The van der Waals surface area contributed by atoms with Crippen LogP contribution >= 0.6 is 0 Å². The van der Waals surface area contributed by atoms with E-state index < -0.39 is 6.10 Å². The van der Waals surface area contributed by atoms with Crippen LogP contribution in [-0.4, -0.2) is 77.4 Å². The number of fused-ring (bicyclic) bond motifs is 2. The number of aliphatic hydroxyl groups is 1. The Bertz CT molecular complexity index is 1670. The van der Waals surface area contributed by atoms with Crippen LogP contribution in [0.2, 0.25) is 0 Å². The number of benzene rings is 2. The van der Waals surface area contributed by atoms with E-state index in [0.29, 0.717) is 37.4 Å². The molecule has 1 aliphatic rings. The summed E-state index contributed by atoms with van der Waals surface area (Å²) in [5, 5.41) is 19.0. The van der Waals surface area contributed by atoms with Gasteiger partial charge in [-0.05, 0) is 68.8 Å². The molecule has 0 bridgehead atoms. The Labute approximate surface area is 245 Å². The van der Waals surface area contributed by atoms with Crippen molar-refractivity contribution in [3.05, 3.63) is 59.9 Å². The number of hydrogen-bond acceptors (Lipinski definition) is 11. The fourth-order valence-electron chi connectivity index (χ4n) is 5.37. The molecule has 0 aliphatic carbocycles. The minimum Gasteiger partial charge on any atom is -0.391 e. The summed E-state index contributed by atoms with van der Waals surface area (Å²) in [6.07, 6.45) is 0.267. The highest BCUT2D eigenvalue weighted by atomic mass is 16.3. The zero-order valence-corrected chi connectivity index (χ0v) is 24.8. The monoisotopic (exact) mass is 564 g/mol. The SMILES string of the molecule is Cc1cc(N(C)C)c2cc(Nc3nc(Nc4ccc5nc(C)cc(N(C)C)c5c4)nc(N4CCC(O)C4)n3)ccc2n1. The molecule has 0 saturated carbocycles. The lowest BCUT2D eigenvalue weighted by Gasteiger charge is -2.19. The highest BCUT2D eigenvalue weighted by Crippen LogP contribution is 2.31. The molecule has 4 heterocycles. The molecule has 11 heteroatoms. The lowest BCUT2D eigenvalue weighted by atomic mass is 10.1. The van der Waals surface area contributed by atoms with Gasteiger partial charge in [0.15, 0.2) is 0 Å². The molecule has 0 amide bonds. The Morgan fingerprint density at radius 2 is 1.21 bits per heavy atom. The summed E-state index contributed by atoms with van der Waals surface area (Å²) in [4.78, 5) is 29.8. The molecular weight excluding hydrogens is 528 g/mol. The Morgan fingerprint density at radius 3 is 1.64 bits per heavy atom. The van der Waals surface area contributed by atoms with Crippen LogP contribution in [-0.2, 0) is 0 Å². The molecule has 5 aromatic rings. The minimum atomic E-state index is -0.406. The van der Waals surface area contributed by atoms with E-state index in [-0.39, 0.29) is 0 Å². The molecule has 1 atom stereocenters. The van der Waals surface area contributed by atoms with Gasteiger partial charge in [-0.2, -0.15) is 15.0 Å². The van der Waals surface area contributed by atoms with Gasteiger partial charge in [0, 0.05) is 86.2 Å². The summed E-state index contributed by atoms with van der Waals surface area (Å²) in [7, 11) is 8.11. The first-order chi connectivity index (χ1) is 20.1. The number of aromatic nitrogens is 5. The van der Waals surface area contributed by atoms with Gasteiger partial charge in [0.2, 0.25) is 17.8 Å². The summed E-state index contributed by atoms with van der Waals surface area (Å²) < 4.78 is 0. The van der Waals surface area contributed by atoms with Crippen LogP contribution in [0.5, 0.6) is 0 Å². The molecule has 216 valence electrons. The highest BCUT2D eigenvalue weighted by molar-refractivity contribution is 5.95. The summed E-state index contributed by atoms with van der Waals surface area (Å²) in [5.74, 6) is 1.31.